The molecule has 0 N–H and O–H groups in total. The van der Waals surface area contributed by atoms with Gasteiger partial charge in [-0.2, -0.15) is 0 Å². The number of nitrogens with zero attached hydrogens (tertiary/aromatic N) is 3. The van der Waals surface area contributed by atoms with Crippen molar-refractivity contribution in [2.24, 2.45) is 11.0 Å². The van der Waals surface area contributed by atoms with E-state index in [9.17, 15) is 4.79 Å². The Labute approximate surface area is 116 Å². The summed E-state index contributed by atoms with van der Waals surface area (Å²) in [6.07, 6.45) is 2.62. The Morgan fingerprint density at radius 3 is 2.56 bits per heavy atom. The van der Waals surface area contributed by atoms with Gasteiger partial charge in [0.2, 0.25) is 0 Å². The molecule has 0 rings (SSSR count). The molecule has 0 fully saturated rings. The van der Waals surface area contributed by atoms with Crippen molar-refractivity contribution >= 4 is 27.6 Å². The molecule has 7 heteroatoms. The van der Waals surface area contributed by atoms with Gasteiger partial charge in [-0.3, -0.25) is 4.79 Å². The Morgan fingerprint density at radius 2 is 2.11 bits per heavy atom. The van der Waals surface area contributed by atoms with Crippen LogP contribution < -0.4 is 0 Å². The minimum absolute atomic E-state index is 0.137. The van der Waals surface area contributed by atoms with Crippen molar-refractivity contribution in [3.8, 4) is 0 Å². The van der Waals surface area contributed by atoms with Crippen LogP contribution in [0.15, 0.2) is 5.11 Å². The lowest BCUT2D eigenvalue weighted by Gasteiger charge is -2.23. The van der Waals surface area contributed by atoms with Crippen LogP contribution in [-0.2, 0) is 9.53 Å². The van der Waals surface area contributed by atoms with E-state index in [1.165, 1.54) is 0 Å². The summed E-state index contributed by atoms with van der Waals surface area (Å²) in [5, 5.41) is 3.71. The monoisotopic (exact) mass is 291 g/mol. The summed E-state index contributed by atoms with van der Waals surface area (Å²) in [6, 6.07) is 0. The maximum Gasteiger partial charge on any atom is 0.309 e. The van der Waals surface area contributed by atoms with Crippen LogP contribution >= 0.6 is 21.6 Å². The molecule has 2 atom stereocenters. The highest BCUT2D eigenvalue weighted by Crippen LogP contribution is 2.29. The molecule has 0 aliphatic carbocycles. The fraction of sp³-hybridized carbons (Fsp3) is 0.909. The van der Waals surface area contributed by atoms with Crippen LogP contribution in [0.25, 0.3) is 10.4 Å². The van der Waals surface area contributed by atoms with Gasteiger partial charge in [0.15, 0.2) is 0 Å². The number of ether oxygens (including phenoxy) is 1. The first kappa shape index (κ1) is 17.5. The summed E-state index contributed by atoms with van der Waals surface area (Å²) in [4.78, 5) is 14.6. The van der Waals surface area contributed by atoms with Gasteiger partial charge in [0.05, 0.1) is 5.92 Å². The van der Waals surface area contributed by atoms with Crippen LogP contribution in [0, 0.1) is 5.92 Å². The van der Waals surface area contributed by atoms with Gasteiger partial charge in [0.1, 0.15) is 5.60 Å². The Hall–Kier alpha value is -0.520. The molecule has 104 valence electrons. The molecular weight excluding hydrogens is 270 g/mol. The van der Waals surface area contributed by atoms with E-state index >= 15 is 0 Å². The zero-order valence-electron chi connectivity index (χ0n) is 11.5. The molecular formula is C11H21N3O2S2. The highest BCUT2D eigenvalue weighted by molar-refractivity contribution is 8.76. The SMILES string of the molecule is CSSC(CN=[N+]=[N-])C[C@H](C)C(=O)OC(C)(C)C. The molecule has 0 spiro atoms. The molecule has 0 radical (unpaired) electrons. The smallest absolute Gasteiger partial charge is 0.309 e. The molecule has 18 heavy (non-hydrogen) atoms. The molecule has 0 amide bonds. The van der Waals surface area contributed by atoms with Gasteiger partial charge < -0.3 is 4.74 Å². The topological polar surface area (TPSA) is 75.1 Å². The zero-order chi connectivity index (χ0) is 14.2. The molecule has 0 aliphatic heterocycles. The third kappa shape index (κ3) is 8.55. The average molecular weight is 291 g/mol. The van der Waals surface area contributed by atoms with Crippen molar-refractivity contribution < 1.29 is 9.53 Å². The number of hydrogen-bond acceptors (Lipinski definition) is 5. The molecule has 0 aliphatic rings. The minimum Gasteiger partial charge on any atom is -0.460 e. The first-order valence-corrected chi connectivity index (χ1v) is 8.35. The lowest BCUT2D eigenvalue weighted by atomic mass is 10.1. The molecule has 0 aromatic carbocycles. The summed E-state index contributed by atoms with van der Waals surface area (Å²) in [7, 11) is 3.23. The second-order valence-electron chi connectivity index (χ2n) is 4.97. The number of rotatable bonds is 7. The second kappa shape index (κ2) is 8.56. The van der Waals surface area contributed by atoms with Crippen LogP contribution in [0.1, 0.15) is 34.1 Å². The van der Waals surface area contributed by atoms with Crippen molar-refractivity contribution in [2.75, 3.05) is 12.8 Å². The van der Waals surface area contributed by atoms with E-state index in [4.69, 9.17) is 10.3 Å². The number of azide groups is 1. The van der Waals surface area contributed by atoms with Crippen molar-refractivity contribution in [1.82, 2.24) is 0 Å². The Balaban J connectivity index is 4.34. The van der Waals surface area contributed by atoms with Crippen LogP contribution in [0.5, 0.6) is 0 Å². The fourth-order valence-electron chi connectivity index (χ4n) is 1.30. The highest BCUT2D eigenvalue weighted by atomic mass is 33.1. The van der Waals surface area contributed by atoms with Crippen LogP contribution in [0.3, 0.4) is 0 Å². The summed E-state index contributed by atoms with van der Waals surface area (Å²) in [5.41, 5.74) is 7.87. The first-order chi connectivity index (χ1) is 8.30. The number of carbonyl (C=O) groups is 1. The Kier molecular flexibility index (Phi) is 8.31. The normalized spacial score (nSPS) is 14.5. The van der Waals surface area contributed by atoms with Gasteiger partial charge in [-0.15, -0.1) is 0 Å². The third-order valence-corrected chi connectivity index (χ3v) is 4.21. The summed E-state index contributed by atoms with van der Waals surface area (Å²) in [6.45, 7) is 7.80. The van der Waals surface area contributed by atoms with Crippen molar-refractivity contribution in [3.63, 3.8) is 0 Å². The van der Waals surface area contributed by atoms with Gasteiger partial charge in [0.25, 0.3) is 0 Å². The van der Waals surface area contributed by atoms with E-state index in [0.29, 0.717) is 13.0 Å². The van der Waals surface area contributed by atoms with Crippen LogP contribution in [-0.4, -0.2) is 29.6 Å². The van der Waals surface area contributed by atoms with Gasteiger partial charge in [-0.25, -0.2) is 0 Å². The van der Waals surface area contributed by atoms with Crippen LogP contribution in [0.4, 0.5) is 0 Å². The van der Waals surface area contributed by atoms with Crippen molar-refractivity contribution in [2.45, 2.75) is 45.0 Å². The predicted octanol–water partition coefficient (Wildman–Crippen LogP) is 4.04. The van der Waals surface area contributed by atoms with Gasteiger partial charge >= 0.3 is 5.97 Å². The molecule has 1 unspecified atom stereocenters. The highest BCUT2D eigenvalue weighted by Gasteiger charge is 2.24. The van der Waals surface area contributed by atoms with E-state index < -0.39 is 5.60 Å². The second-order valence-corrected chi connectivity index (χ2v) is 7.74. The maximum absolute atomic E-state index is 11.8. The van der Waals surface area contributed by atoms with E-state index in [0.717, 1.165) is 0 Å². The van der Waals surface area contributed by atoms with Crippen LogP contribution in [0.2, 0.25) is 0 Å². The Morgan fingerprint density at radius 1 is 1.50 bits per heavy atom. The summed E-state index contributed by atoms with van der Waals surface area (Å²) in [5.74, 6) is -0.391. The number of carbonyl (C=O) groups excluding carboxylic acids is 1. The van der Waals surface area contributed by atoms with Crippen molar-refractivity contribution in [1.29, 1.82) is 0 Å². The standard InChI is InChI=1S/C11H21N3O2S2/c1-8(10(15)16-11(2,3)4)6-9(18-17-5)7-13-14-12/h8-9H,6-7H2,1-5H3/t8-,9?/m0/s1. The van der Waals surface area contributed by atoms with E-state index in [-0.39, 0.29) is 17.1 Å². The molecule has 0 aromatic rings. The molecule has 0 saturated heterocycles. The van der Waals surface area contributed by atoms with Gasteiger partial charge in [0, 0.05) is 16.7 Å². The Bertz CT molecular complexity index is 312. The summed E-state index contributed by atoms with van der Waals surface area (Å²) >= 11 is 0. The maximum atomic E-state index is 11.8. The predicted molar refractivity (Wildman–Crippen MR) is 78.5 cm³/mol. The van der Waals surface area contributed by atoms with Crippen molar-refractivity contribution in [3.05, 3.63) is 10.4 Å². The quantitative estimate of drug-likeness (QED) is 0.233. The third-order valence-electron chi connectivity index (χ3n) is 2.01. The number of hydrogen-bond donors (Lipinski definition) is 0. The largest absolute Gasteiger partial charge is 0.460 e. The average Bonchev–Trinajstić information content (AvgIpc) is 2.23. The molecule has 0 heterocycles. The van der Waals surface area contributed by atoms with E-state index in [1.54, 1.807) is 21.6 Å². The lowest BCUT2D eigenvalue weighted by molar-refractivity contribution is -0.159. The van der Waals surface area contributed by atoms with Gasteiger partial charge in [-0.05, 0) is 39.0 Å². The molecule has 0 aromatic heterocycles. The first-order valence-electron chi connectivity index (χ1n) is 5.73. The molecule has 5 nitrogen and oxygen atoms in total. The van der Waals surface area contributed by atoms with E-state index in [1.807, 2.05) is 34.0 Å². The molecule has 0 bridgehead atoms. The fourth-order valence-corrected chi connectivity index (χ4v) is 3.30. The minimum atomic E-state index is -0.460. The van der Waals surface area contributed by atoms with Gasteiger partial charge in [-0.1, -0.05) is 33.6 Å². The summed E-state index contributed by atoms with van der Waals surface area (Å²) < 4.78 is 5.32. The van der Waals surface area contributed by atoms with E-state index in [2.05, 4.69) is 10.0 Å². The lowest BCUT2D eigenvalue weighted by Crippen LogP contribution is -2.29. The molecule has 0 saturated carbocycles. The zero-order valence-corrected chi connectivity index (χ0v) is 13.2. The number of esters is 1.